The summed E-state index contributed by atoms with van der Waals surface area (Å²) in [4.78, 5) is 10.9. The second kappa shape index (κ2) is 6.47. The first-order valence-electron chi connectivity index (χ1n) is 6.25. The summed E-state index contributed by atoms with van der Waals surface area (Å²) >= 11 is 0. The average molecular weight is 272 g/mol. The van der Waals surface area contributed by atoms with Gasteiger partial charge in [-0.1, -0.05) is 18.2 Å². The van der Waals surface area contributed by atoms with E-state index in [1.807, 2.05) is 35.3 Å². The Balaban J connectivity index is 0.000000160. The number of carbonyl (C=O) groups excluding carboxylic acids is 1. The van der Waals surface area contributed by atoms with Gasteiger partial charge in [-0.2, -0.15) is 0 Å². The average Bonchev–Trinajstić information content (AvgIpc) is 2.91. The molecule has 0 bridgehead atoms. The number of nitrogens with one attached hydrogen (secondary N) is 1. The molecule has 1 fully saturated rings. The van der Waals surface area contributed by atoms with E-state index >= 15 is 0 Å². The van der Waals surface area contributed by atoms with Gasteiger partial charge in [-0.15, -0.1) is 0 Å². The fourth-order valence-corrected chi connectivity index (χ4v) is 1.73. The highest BCUT2D eigenvalue weighted by molar-refractivity contribution is 5.81. The normalized spacial score (nSPS) is 13.4. The van der Waals surface area contributed by atoms with Crippen molar-refractivity contribution in [1.82, 2.24) is 5.43 Å². The van der Waals surface area contributed by atoms with Crippen molar-refractivity contribution in [2.75, 3.05) is 11.6 Å². The number of rotatable bonds is 1. The van der Waals surface area contributed by atoms with Gasteiger partial charge in [-0.3, -0.25) is 15.2 Å². The number of nitrogens with zero attached hydrogens (tertiary/aromatic N) is 1. The summed E-state index contributed by atoms with van der Waals surface area (Å²) in [5, 5.41) is 19.2. The van der Waals surface area contributed by atoms with Gasteiger partial charge in [0.1, 0.15) is 11.5 Å². The van der Waals surface area contributed by atoms with Crippen LogP contribution in [-0.2, 0) is 4.79 Å². The molecule has 5 nitrogen and oxygen atoms in total. The smallest absolute Gasteiger partial charge is 0.240 e. The Bertz CT molecular complexity index is 534. The highest BCUT2D eigenvalue weighted by Crippen LogP contribution is 2.14. The Morgan fingerprint density at radius 1 is 0.900 bits per heavy atom. The van der Waals surface area contributed by atoms with E-state index in [4.69, 9.17) is 10.2 Å². The van der Waals surface area contributed by atoms with Crippen LogP contribution < -0.4 is 10.4 Å². The molecule has 0 unspecified atom stereocenters. The van der Waals surface area contributed by atoms with Crippen molar-refractivity contribution in [2.45, 2.75) is 6.42 Å². The monoisotopic (exact) mass is 272 g/mol. The maximum atomic E-state index is 10.9. The van der Waals surface area contributed by atoms with E-state index in [0.29, 0.717) is 6.42 Å². The summed E-state index contributed by atoms with van der Waals surface area (Å²) in [6.07, 6.45) is 0.592. The molecule has 0 spiro atoms. The number of anilines is 1. The second-order valence-electron chi connectivity index (χ2n) is 4.29. The van der Waals surface area contributed by atoms with Gasteiger partial charge in [0.2, 0.25) is 5.91 Å². The van der Waals surface area contributed by atoms with Crippen LogP contribution in [0.1, 0.15) is 6.42 Å². The van der Waals surface area contributed by atoms with E-state index in [9.17, 15) is 4.79 Å². The minimum absolute atomic E-state index is 0.0962. The van der Waals surface area contributed by atoms with Crippen LogP contribution in [0, 0.1) is 0 Å². The number of hydrogen-bond donors (Lipinski definition) is 3. The van der Waals surface area contributed by atoms with Crippen LogP contribution in [0.15, 0.2) is 54.6 Å². The third kappa shape index (κ3) is 3.91. The topological polar surface area (TPSA) is 72.8 Å². The number of benzene rings is 2. The molecule has 3 N–H and O–H groups in total. The third-order valence-corrected chi connectivity index (χ3v) is 2.74. The molecule has 104 valence electrons. The molecule has 0 aromatic heterocycles. The fraction of sp³-hybridized carbons (Fsp3) is 0.133. The number of hydrazine groups is 1. The first-order chi connectivity index (χ1) is 9.65. The van der Waals surface area contributed by atoms with Crippen molar-refractivity contribution in [3.8, 4) is 11.5 Å². The Kier molecular flexibility index (Phi) is 4.44. The van der Waals surface area contributed by atoms with Crippen molar-refractivity contribution in [3.05, 3.63) is 54.6 Å². The highest BCUT2D eigenvalue weighted by Gasteiger charge is 2.17. The molecule has 1 saturated heterocycles. The van der Waals surface area contributed by atoms with Gasteiger partial charge in [0.05, 0.1) is 5.69 Å². The van der Waals surface area contributed by atoms with Gasteiger partial charge in [-0.25, -0.2) is 0 Å². The van der Waals surface area contributed by atoms with E-state index < -0.39 is 0 Å². The minimum Gasteiger partial charge on any atom is -0.508 e. The second-order valence-corrected chi connectivity index (χ2v) is 4.29. The zero-order chi connectivity index (χ0) is 14.4. The lowest BCUT2D eigenvalue weighted by Gasteiger charge is -2.16. The molecular weight excluding hydrogens is 256 g/mol. The molecule has 1 aliphatic heterocycles. The molecule has 20 heavy (non-hydrogen) atoms. The van der Waals surface area contributed by atoms with Crippen molar-refractivity contribution in [3.63, 3.8) is 0 Å². The predicted molar refractivity (Wildman–Crippen MR) is 76.3 cm³/mol. The Morgan fingerprint density at radius 2 is 1.45 bits per heavy atom. The molecule has 3 rings (SSSR count). The van der Waals surface area contributed by atoms with Crippen LogP contribution in [-0.4, -0.2) is 22.7 Å². The number of hydrogen-bond acceptors (Lipinski definition) is 4. The van der Waals surface area contributed by atoms with Gasteiger partial charge >= 0.3 is 0 Å². The summed E-state index contributed by atoms with van der Waals surface area (Å²) < 4.78 is 0. The van der Waals surface area contributed by atoms with Crippen LogP contribution in [0.25, 0.3) is 0 Å². The molecule has 5 heteroatoms. The SMILES string of the molecule is O=C1CCN(c2ccccc2)N1.Oc1ccc(O)cc1. The number of carbonyl (C=O) groups is 1. The number of phenolic OH excluding ortho intramolecular Hbond substituents is 2. The van der Waals surface area contributed by atoms with Crippen LogP contribution in [0.5, 0.6) is 11.5 Å². The lowest BCUT2D eigenvalue weighted by atomic mass is 10.3. The zero-order valence-corrected chi connectivity index (χ0v) is 10.9. The predicted octanol–water partition coefficient (Wildman–Crippen LogP) is 2.03. The Labute approximate surface area is 117 Å². The largest absolute Gasteiger partial charge is 0.508 e. The number of para-hydroxylation sites is 1. The highest BCUT2D eigenvalue weighted by atomic mass is 16.3. The van der Waals surface area contributed by atoms with Crippen LogP contribution >= 0.6 is 0 Å². The first kappa shape index (κ1) is 13.7. The fourth-order valence-electron chi connectivity index (χ4n) is 1.73. The van der Waals surface area contributed by atoms with Crippen LogP contribution in [0.3, 0.4) is 0 Å². The van der Waals surface area contributed by atoms with Crippen molar-refractivity contribution in [1.29, 1.82) is 0 Å². The van der Waals surface area contributed by atoms with Gasteiger partial charge in [0.15, 0.2) is 0 Å². The Morgan fingerprint density at radius 3 is 1.90 bits per heavy atom. The van der Waals surface area contributed by atoms with E-state index in [0.717, 1.165) is 12.2 Å². The lowest BCUT2D eigenvalue weighted by molar-refractivity contribution is -0.119. The standard InChI is InChI=1S/C9H10N2O.C6H6O2/c12-9-6-7-11(10-9)8-4-2-1-3-5-8;7-5-1-2-6(8)4-3-5/h1-5H,6-7H2,(H,10,12);1-4,7-8H. The summed E-state index contributed by atoms with van der Waals surface area (Å²) in [7, 11) is 0. The van der Waals surface area contributed by atoms with Crippen molar-refractivity contribution < 1.29 is 15.0 Å². The maximum absolute atomic E-state index is 10.9. The number of phenols is 2. The number of amides is 1. The molecule has 1 aliphatic rings. The van der Waals surface area contributed by atoms with Crippen LogP contribution in [0.2, 0.25) is 0 Å². The molecule has 2 aromatic rings. The Hall–Kier alpha value is -2.69. The summed E-state index contributed by atoms with van der Waals surface area (Å²) in [6.45, 7) is 0.767. The molecule has 2 aromatic carbocycles. The van der Waals surface area contributed by atoms with E-state index in [-0.39, 0.29) is 17.4 Å². The molecular formula is C15H16N2O3. The summed E-state index contributed by atoms with van der Waals surface area (Å²) in [6, 6.07) is 15.5. The summed E-state index contributed by atoms with van der Waals surface area (Å²) in [5.41, 5.74) is 3.81. The maximum Gasteiger partial charge on any atom is 0.240 e. The molecule has 0 radical (unpaired) electrons. The van der Waals surface area contributed by atoms with E-state index in [1.54, 1.807) is 0 Å². The zero-order valence-electron chi connectivity index (χ0n) is 10.9. The third-order valence-electron chi connectivity index (χ3n) is 2.74. The minimum atomic E-state index is 0.0962. The molecule has 1 amide bonds. The molecule has 0 saturated carbocycles. The van der Waals surface area contributed by atoms with Crippen LogP contribution in [0.4, 0.5) is 5.69 Å². The van der Waals surface area contributed by atoms with E-state index in [2.05, 4.69) is 5.43 Å². The van der Waals surface area contributed by atoms with Gasteiger partial charge in [0.25, 0.3) is 0 Å². The molecule has 1 heterocycles. The van der Waals surface area contributed by atoms with Crippen molar-refractivity contribution in [2.24, 2.45) is 0 Å². The lowest BCUT2D eigenvalue weighted by Crippen LogP contribution is -2.32. The van der Waals surface area contributed by atoms with Crippen molar-refractivity contribution >= 4 is 11.6 Å². The van der Waals surface area contributed by atoms with E-state index in [1.165, 1.54) is 24.3 Å². The van der Waals surface area contributed by atoms with Gasteiger partial charge in [-0.05, 0) is 36.4 Å². The number of aromatic hydroxyl groups is 2. The van der Waals surface area contributed by atoms with Gasteiger partial charge < -0.3 is 10.2 Å². The molecule has 0 atom stereocenters. The van der Waals surface area contributed by atoms with Gasteiger partial charge in [0, 0.05) is 13.0 Å². The first-order valence-corrected chi connectivity index (χ1v) is 6.25. The summed E-state index contributed by atoms with van der Waals surface area (Å²) in [5.74, 6) is 0.435. The molecule has 0 aliphatic carbocycles. The quantitative estimate of drug-likeness (QED) is 0.694.